The highest BCUT2D eigenvalue weighted by molar-refractivity contribution is 5.85. The lowest BCUT2D eigenvalue weighted by Gasteiger charge is -2.27. The molecule has 0 amide bonds. The summed E-state index contributed by atoms with van der Waals surface area (Å²) in [6.07, 6.45) is 3.33. The first-order valence-corrected chi connectivity index (χ1v) is 6.51. The van der Waals surface area contributed by atoms with Gasteiger partial charge in [-0.1, -0.05) is 25.4 Å². The van der Waals surface area contributed by atoms with Crippen LogP contribution in [-0.4, -0.2) is 33.7 Å². The number of carboxylic acids is 1. The van der Waals surface area contributed by atoms with Crippen molar-refractivity contribution in [1.29, 1.82) is 0 Å². The summed E-state index contributed by atoms with van der Waals surface area (Å²) in [7, 11) is 0. The zero-order valence-electron chi connectivity index (χ0n) is 11.3. The van der Waals surface area contributed by atoms with E-state index in [2.05, 4.69) is 30.8 Å². The second-order valence-corrected chi connectivity index (χ2v) is 4.56. The second-order valence-electron chi connectivity index (χ2n) is 4.56. The van der Waals surface area contributed by atoms with Gasteiger partial charge in [-0.2, -0.15) is 0 Å². The second kappa shape index (κ2) is 7.16. The average molecular weight is 254 g/mol. The third-order valence-electron chi connectivity index (χ3n) is 3.15. The van der Waals surface area contributed by atoms with Crippen molar-refractivity contribution < 1.29 is 14.4 Å². The minimum absolute atomic E-state index is 0.0235. The number of hydrogen-bond acceptors (Lipinski definition) is 4. The molecule has 1 unspecified atom stereocenters. The topological polar surface area (TPSA) is 66.6 Å². The summed E-state index contributed by atoms with van der Waals surface area (Å²) < 4.78 is 5.06. The summed E-state index contributed by atoms with van der Waals surface area (Å²) in [6, 6.07) is 1.96. The first kappa shape index (κ1) is 14.7. The Balaban J connectivity index is 2.65. The molecule has 5 nitrogen and oxygen atoms in total. The standard InChI is InChI=1S/C13H22N2O3/c1-4-6-7-15(10(3)5-2)9-11-8-12(13(16)17)14-18-11/h8,10H,4-7,9H2,1-3H3,(H,16,17). The van der Waals surface area contributed by atoms with Gasteiger partial charge in [-0.3, -0.25) is 4.90 Å². The fraction of sp³-hybridized carbons (Fsp3) is 0.692. The predicted octanol–water partition coefficient (Wildman–Crippen LogP) is 2.77. The van der Waals surface area contributed by atoms with Crippen LogP contribution >= 0.6 is 0 Å². The van der Waals surface area contributed by atoms with Gasteiger partial charge in [0.15, 0.2) is 11.5 Å². The van der Waals surface area contributed by atoms with Crippen molar-refractivity contribution in [2.24, 2.45) is 0 Å². The van der Waals surface area contributed by atoms with Crippen LogP contribution in [0.15, 0.2) is 10.6 Å². The van der Waals surface area contributed by atoms with Crippen LogP contribution in [0, 0.1) is 0 Å². The third-order valence-corrected chi connectivity index (χ3v) is 3.15. The molecular formula is C13H22N2O3. The fourth-order valence-corrected chi connectivity index (χ4v) is 1.76. The maximum absolute atomic E-state index is 10.7. The Hall–Kier alpha value is -1.36. The number of carbonyl (C=O) groups is 1. The number of hydrogen-bond donors (Lipinski definition) is 1. The maximum atomic E-state index is 10.7. The Morgan fingerprint density at radius 2 is 2.28 bits per heavy atom. The van der Waals surface area contributed by atoms with E-state index in [0.29, 0.717) is 18.3 Å². The Kier molecular flexibility index (Phi) is 5.85. The van der Waals surface area contributed by atoms with Crippen molar-refractivity contribution in [1.82, 2.24) is 10.1 Å². The number of aromatic carboxylic acids is 1. The molecule has 0 aliphatic carbocycles. The smallest absolute Gasteiger partial charge is 0.358 e. The van der Waals surface area contributed by atoms with E-state index in [0.717, 1.165) is 25.8 Å². The molecule has 1 aromatic rings. The number of rotatable bonds is 8. The molecule has 0 saturated heterocycles. The Morgan fingerprint density at radius 3 is 2.78 bits per heavy atom. The molecule has 1 N–H and O–H groups in total. The van der Waals surface area contributed by atoms with Crippen molar-refractivity contribution in [3.8, 4) is 0 Å². The molecule has 0 saturated carbocycles. The fourth-order valence-electron chi connectivity index (χ4n) is 1.76. The van der Waals surface area contributed by atoms with E-state index in [-0.39, 0.29) is 5.69 Å². The molecule has 0 aliphatic rings. The summed E-state index contributed by atoms with van der Waals surface area (Å²) in [4.78, 5) is 13.0. The Morgan fingerprint density at radius 1 is 1.56 bits per heavy atom. The van der Waals surface area contributed by atoms with E-state index < -0.39 is 5.97 Å². The summed E-state index contributed by atoms with van der Waals surface area (Å²) in [5.74, 6) is -0.433. The lowest BCUT2D eigenvalue weighted by Crippen LogP contribution is -2.32. The molecule has 1 aromatic heterocycles. The van der Waals surface area contributed by atoms with Crippen LogP contribution in [0.4, 0.5) is 0 Å². The van der Waals surface area contributed by atoms with Gasteiger partial charge < -0.3 is 9.63 Å². The number of carboxylic acid groups (broad SMARTS) is 1. The summed E-state index contributed by atoms with van der Waals surface area (Å²) >= 11 is 0. The molecule has 0 aliphatic heterocycles. The molecule has 0 aromatic carbocycles. The van der Waals surface area contributed by atoms with Crippen LogP contribution in [0.25, 0.3) is 0 Å². The molecule has 0 spiro atoms. The molecule has 5 heteroatoms. The first-order chi connectivity index (χ1) is 8.58. The van der Waals surface area contributed by atoms with Gasteiger partial charge in [0.2, 0.25) is 0 Å². The number of aromatic nitrogens is 1. The van der Waals surface area contributed by atoms with Gasteiger partial charge in [0.25, 0.3) is 0 Å². The van der Waals surface area contributed by atoms with Crippen LogP contribution in [0.5, 0.6) is 0 Å². The number of nitrogens with zero attached hydrogens (tertiary/aromatic N) is 2. The van der Waals surface area contributed by atoms with Gasteiger partial charge >= 0.3 is 5.97 Å². The SMILES string of the molecule is CCCCN(Cc1cc(C(=O)O)no1)C(C)CC. The van der Waals surface area contributed by atoms with E-state index in [1.807, 2.05) is 0 Å². The normalized spacial score (nSPS) is 12.9. The molecule has 1 atom stereocenters. The van der Waals surface area contributed by atoms with Crippen molar-refractivity contribution in [3.63, 3.8) is 0 Å². The van der Waals surface area contributed by atoms with E-state index in [4.69, 9.17) is 9.63 Å². The highest BCUT2D eigenvalue weighted by Crippen LogP contribution is 2.13. The molecule has 0 radical (unpaired) electrons. The van der Waals surface area contributed by atoms with Gasteiger partial charge in [-0.25, -0.2) is 4.79 Å². The zero-order valence-corrected chi connectivity index (χ0v) is 11.3. The highest BCUT2D eigenvalue weighted by atomic mass is 16.5. The quantitative estimate of drug-likeness (QED) is 0.772. The van der Waals surface area contributed by atoms with Crippen molar-refractivity contribution in [3.05, 3.63) is 17.5 Å². The molecule has 102 valence electrons. The minimum Gasteiger partial charge on any atom is -0.476 e. The third kappa shape index (κ3) is 4.14. The largest absolute Gasteiger partial charge is 0.476 e. The van der Waals surface area contributed by atoms with Gasteiger partial charge in [0.1, 0.15) is 0 Å². The van der Waals surface area contributed by atoms with Crippen molar-refractivity contribution in [2.45, 2.75) is 52.6 Å². The van der Waals surface area contributed by atoms with Gasteiger partial charge in [-0.05, 0) is 26.3 Å². The lowest BCUT2D eigenvalue weighted by atomic mass is 10.2. The van der Waals surface area contributed by atoms with E-state index in [9.17, 15) is 4.79 Å². The molecule has 0 bridgehead atoms. The van der Waals surface area contributed by atoms with Crippen LogP contribution in [0.3, 0.4) is 0 Å². The molecular weight excluding hydrogens is 232 g/mol. The van der Waals surface area contributed by atoms with Crippen molar-refractivity contribution in [2.75, 3.05) is 6.54 Å². The lowest BCUT2D eigenvalue weighted by molar-refractivity contribution is 0.0685. The molecule has 18 heavy (non-hydrogen) atoms. The molecule has 1 heterocycles. The van der Waals surface area contributed by atoms with Crippen LogP contribution in [0.2, 0.25) is 0 Å². The van der Waals surface area contributed by atoms with Crippen molar-refractivity contribution >= 4 is 5.97 Å². The number of unbranched alkanes of at least 4 members (excludes halogenated alkanes) is 1. The Bertz CT molecular complexity index is 376. The molecule has 1 rings (SSSR count). The maximum Gasteiger partial charge on any atom is 0.358 e. The van der Waals surface area contributed by atoms with E-state index >= 15 is 0 Å². The monoisotopic (exact) mass is 254 g/mol. The summed E-state index contributed by atoms with van der Waals surface area (Å²) in [6.45, 7) is 8.09. The average Bonchev–Trinajstić information content (AvgIpc) is 2.82. The first-order valence-electron chi connectivity index (χ1n) is 6.51. The summed E-state index contributed by atoms with van der Waals surface area (Å²) in [5, 5.41) is 12.3. The van der Waals surface area contributed by atoms with Crippen LogP contribution in [-0.2, 0) is 6.54 Å². The van der Waals surface area contributed by atoms with E-state index in [1.54, 1.807) is 0 Å². The summed E-state index contributed by atoms with van der Waals surface area (Å²) in [5.41, 5.74) is -0.0235. The van der Waals surface area contributed by atoms with Gasteiger partial charge in [0, 0.05) is 12.1 Å². The zero-order chi connectivity index (χ0) is 13.5. The van der Waals surface area contributed by atoms with Gasteiger partial charge in [-0.15, -0.1) is 0 Å². The minimum atomic E-state index is -1.05. The highest BCUT2D eigenvalue weighted by Gasteiger charge is 2.16. The Labute approximate surface area is 108 Å². The predicted molar refractivity (Wildman–Crippen MR) is 68.5 cm³/mol. The van der Waals surface area contributed by atoms with Crippen LogP contribution < -0.4 is 0 Å². The van der Waals surface area contributed by atoms with Crippen LogP contribution in [0.1, 0.15) is 56.3 Å². The van der Waals surface area contributed by atoms with Gasteiger partial charge in [0.05, 0.1) is 6.54 Å². The van der Waals surface area contributed by atoms with E-state index in [1.165, 1.54) is 6.07 Å². The molecule has 0 fully saturated rings.